The molecule has 0 aliphatic rings. The molecule has 0 fully saturated rings. The second kappa shape index (κ2) is 74.1. The Morgan fingerprint density at radius 1 is 1.00 bits per heavy atom. The molecule has 0 aliphatic carbocycles. The Hall–Kier alpha value is 0.562. The van der Waals surface area contributed by atoms with Crippen LogP contribution in [0, 0.1) is 0 Å². The van der Waals surface area contributed by atoms with Crippen molar-refractivity contribution in [2.24, 2.45) is 0 Å². The lowest BCUT2D eigenvalue weighted by Gasteiger charge is -0.269. The average Bonchev–Trinajstić information content (AvgIpc) is 0. The Labute approximate surface area is 38.4 Å². The third-order valence-corrected chi connectivity index (χ3v) is 0. The highest BCUT2D eigenvalue weighted by Gasteiger charge is 0.0814. The summed E-state index contributed by atoms with van der Waals surface area (Å²) >= 11 is 0. The minimum absolute atomic E-state index is 0. The molecule has 30 valence electrons. The standard InChI is InChI=1S/BH3.FH.H2S.H4Si/h1H3;1H;1H2;1H4. The summed E-state index contributed by atoms with van der Waals surface area (Å²) in [7, 11) is 0. The molecule has 0 aromatic rings. The minimum atomic E-state index is 0. The van der Waals surface area contributed by atoms with Gasteiger partial charge in [-0.15, -0.1) is 0 Å². The Balaban J connectivity index is 0. The molecule has 0 aromatic heterocycles. The van der Waals surface area contributed by atoms with Crippen molar-refractivity contribution in [1.82, 2.24) is 0 Å². The molecular formula is H10BFSSi. The van der Waals surface area contributed by atoms with Crippen molar-refractivity contribution < 1.29 is 4.70 Å². The van der Waals surface area contributed by atoms with E-state index in [0.29, 0.717) is 0 Å². The molecule has 0 atom stereocenters. The highest BCUT2D eigenvalue weighted by Crippen LogP contribution is 0.648. The predicted molar refractivity (Wildman–Crippen MR) is 34.2 cm³/mol. The molecule has 0 spiro atoms. The summed E-state index contributed by atoms with van der Waals surface area (Å²) in [5.41, 5.74) is 0. The van der Waals surface area contributed by atoms with Crippen LogP contribution in [-0.4, -0.2) is 19.4 Å². The van der Waals surface area contributed by atoms with Crippen LogP contribution in [0.4, 0.5) is 4.70 Å². The normalized spacial score (nSPS) is 0. The lowest BCUT2D eigenvalue weighted by molar-refractivity contribution is 1.11. The molecule has 4 heavy (non-hydrogen) atoms. The maximum Gasteiger partial charge on any atom is 0.0814 e. The molecule has 0 radical (unpaired) electrons. The topological polar surface area (TPSA) is 0 Å². The summed E-state index contributed by atoms with van der Waals surface area (Å²) in [4.78, 5) is 0. The van der Waals surface area contributed by atoms with Gasteiger partial charge in [0.05, 0.1) is 8.41 Å². The first-order valence-electron chi connectivity index (χ1n) is 0. The van der Waals surface area contributed by atoms with E-state index in [4.69, 9.17) is 0 Å². The van der Waals surface area contributed by atoms with E-state index in [9.17, 15) is 0 Å². The van der Waals surface area contributed by atoms with Gasteiger partial charge in [0.15, 0.2) is 0 Å². The number of hydrogen-bond acceptors (Lipinski definition) is 0. The van der Waals surface area contributed by atoms with Crippen LogP contribution < -0.4 is 0 Å². The van der Waals surface area contributed by atoms with Crippen molar-refractivity contribution in [3.8, 4) is 0 Å². The van der Waals surface area contributed by atoms with Crippen molar-refractivity contribution >= 4 is 32.9 Å². The van der Waals surface area contributed by atoms with Crippen LogP contribution in [0.3, 0.4) is 0 Å². The summed E-state index contributed by atoms with van der Waals surface area (Å²) in [6.45, 7) is 0. The maximum atomic E-state index is 0. The second-order valence-corrected chi connectivity index (χ2v) is 0. The van der Waals surface area contributed by atoms with Crippen molar-refractivity contribution in [3.63, 3.8) is 0 Å². The van der Waals surface area contributed by atoms with Crippen LogP contribution in [0.25, 0.3) is 0 Å². The molecule has 0 aromatic carbocycles. The van der Waals surface area contributed by atoms with Crippen LogP contribution in [0.15, 0.2) is 0 Å². The molecule has 4 heteroatoms. The number of rotatable bonds is 0. The van der Waals surface area contributed by atoms with E-state index in [0.717, 1.165) is 0 Å². The lowest BCUT2D eigenvalue weighted by atomic mass is 10.8. The van der Waals surface area contributed by atoms with E-state index in [-0.39, 0.29) is 37.6 Å². The molecular weight excluding hydrogens is 90.0 g/mol. The summed E-state index contributed by atoms with van der Waals surface area (Å²) < 4.78 is 0. The average molecular weight is 100 g/mol. The fourth-order valence-electron chi connectivity index (χ4n) is 0. The van der Waals surface area contributed by atoms with Crippen LogP contribution in [0.1, 0.15) is 0 Å². The Morgan fingerprint density at radius 3 is 1.00 bits per heavy atom. The van der Waals surface area contributed by atoms with Crippen molar-refractivity contribution in [2.75, 3.05) is 0 Å². The van der Waals surface area contributed by atoms with Crippen molar-refractivity contribution in [2.45, 2.75) is 0 Å². The molecule has 0 unspecified atom stereocenters. The van der Waals surface area contributed by atoms with Crippen LogP contribution in [0.5, 0.6) is 0 Å². The third-order valence-electron chi connectivity index (χ3n) is 0. The molecule has 0 aliphatic heterocycles. The molecule has 0 amide bonds. The van der Waals surface area contributed by atoms with Gasteiger partial charge in [0.2, 0.25) is 0 Å². The smallest absolute Gasteiger partial charge is 0.0814 e. The van der Waals surface area contributed by atoms with Crippen molar-refractivity contribution in [3.05, 3.63) is 0 Å². The molecule has 0 nitrogen and oxygen atoms in total. The molecule has 0 rings (SSSR count). The van der Waals surface area contributed by atoms with Gasteiger partial charge < -0.3 is 0 Å². The van der Waals surface area contributed by atoms with Gasteiger partial charge in [-0.2, -0.15) is 13.5 Å². The van der Waals surface area contributed by atoms with E-state index < -0.39 is 0 Å². The van der Waals surface area contributed by atoms with Crippen LogP contribution >= 0.6 is 13.5 Å². The fourth-order valence-corrected chi connectivity index (χ4v) is 0. The first kappa shape index (κ1) is 183. The van der Waals surface area contributed by atoms with E-state index in [1.807, 2.05) is 0 Å². The van der Waals surface area contributed by atoms with Gasteiger partial charge in [0.1, 0.15) is 0 Å². The first-order valence-corrected chi connectivity index (χ1v) is 0. The lowest BCUT2D eigenvalue weighted by Crippen LogP contribution is -0.382. The van der Waals surface area contributed by atoms with E-state index in [2.05, 4.69) is 0 Å². The zero-order valence-corrected chi connectivity index (χ0v) is 1.91. The number of hydrogen-bond donors (Lipinski definition) is 0. The van der Waals surface area contributed by atoms with Gasteiger partial charge in [0.25, 0.3) is 0 Å². The molecule has 0 N–H and O–H groups in total. The van der Waals surface area contributed by atoms with Gasteiger partial charge in [-0.3, -0.25) is 4.70 Å². The Kier molecular flexibility index (Phi) is 3390. The highest BCUT2D eigenvalue weighted by molar-refractivity contribution is 7.59. The summed E-state index contributed by atoms with van der Waals surface area (Å²) in [6, 6.07) is 0. The first-order chi connectivity index (χ1) is 0. The Morgan fingerprint density at radius 2 is 1.00 bits per heavy atom. The predicted octanol–water partition coefficient (Wildman–Crippen LogP) is -2.37. The molecule has 0 heterocycles. The molecule has 0 bridgehead atoms. The zero-order chi connectivity index (χ0) is 0. The summed E-state index contributed by atoms with van der Waals surface area (Å²) in [6.07, 6.45) is 0. The van der Waals surface area contributed by atoms with Gasteiger partial charge >= 0.3 is 0 Å². The molecule has 0 saturated heterocycles. The van der Waals surface area contributed by atoms with Crippen LogP contribution in [-0.2, 0) is 0 Å². The Bertz CT molecular complexity index is 8.00. The minimum Gasteiger partial charge on any atom is -0.269 e. The van der Waals surface area contributed by atoms with E-state index >= 15 is 0 Å². The summed E-state index contributed by atoms with van der Waals surface area (Å²) in [5.74, 6) is 0. The summed E-state index contributed by atoms with van der Waals surface area (Å²) in [5, 5.41) is 0. The molecule has 0 saturated carbocycles. The van der Waals surface area contributed by atoms with Gasteiger partial charge in [0, 0.05) is 0 Å². The van der Waals surface area contributed by atoms with Crippen molar-refractivity contribution in [1.29, 1.82) is 0 Å². The number of halogens is 1. The monoisotopic (exact) mass is 100 g/mol. The van der Waals surface area contributed by atoms with E-state index in [1.165, 1.54) is 0 Å². The second-order valence-electron chi connectivity index (χ2n) is 0. The van der Waals surface area contributed by atoms with Gasteiger partial charge in [-0.25, -0.2) is 0 Å². The highest BCUT2D eigenvalue weighted by atomic mass is 32.1. The van der Waals surface area contributed by atoms with Gasteiger partial charge in [-0.05, 0) is 11.0 Å². The fraction of sp³-hybridized carbons (Fsp3) is 0. The zero-order valence-electron chi connectivity index (χ0n) is 0.908. The van der Waals surface area contributed by atoms with Crippen LogP contribution in [0.2, 0.25) is 0 Å². The van der Waals surface area contributed by atoms with E-state index in [1.54, 1.807) is 0 Å². The largest absolute Gasteiger partial charge is 0.269 e. The third kappa shape index (κ3) is 19.8. The quantitative estimate of drug-likeness (QED) is 0.298. The van der Waals surface area contributed by atoms with Gasteiger partial charge in [-0.1, -0.05) is 0 Å². The SMILES string of the molecule is B.F.S.[SiH4]. The maximum absolute atomic E-state index is 0.